The number of aliphatic carboxylic acids is 1. The van der Waals surface area contributed by atoms with Crippen molar-refractivity contribution in [3.05, 3.63) is 83.3 Å². The third-order valence-corrected chi connectivity index (χ3v) is 7.09. The summed E-state index contributed by atoms with van der Waals surface area (Å²) in [6.45, 7) is 3.68. The summed E-state index contributed by atoms with van der Waals surface area (Å²) in [6, 6.07) is 10.5. The maximum Gasteiger partial charge on any atom is 0.490 e. The minimum Gasteiger partial charge on any atom is -0.494 e. The number of benzene rings is 2. The second-order valence-corrected chi connectivity index (χ2v) is 11.1. The van der Waals surface area contributed by atoms with E-state index in [-0.39, 0.29) is 49.3 Å². The van der Waals surface area contributed by atoms with Crippen molar-refractivity contribution in [2.75, 3.05) is 25.1 Å². The zero-order valence-corrected chi connectivity index (χ0v) is 28.2. The summed E-state index contributed by atoms with van der Waals surface area (Å²) in [5.74, 6) is -3.84. The third-order valence-electron chi connectivity index (χ3n) is 6.79. The van der Waals surface area contributed by atoms with Gasteiger partial charge in [-0.2, -0.15) is 18.3 Å². The van der Waals surface area contributed by atoms with E-state index < -0.39 is 35.8 Å². The molecule has 0 unspecified atom stereocenters. The molecular weight excluding hydrogens is 721 g/mol. The SMILES string of the molecule is CCOc1cc(F)c(Cn2nc(-c3ncc(OCCCOC(=O)[C@H](C)N)c(Nc4ccncc4Cl)n3)c3ccccc32)c(F)c1.O=C(O)C(F)(F)F. The highest BCUT2D eigenvalue weighted by atomic mass is 35.5. The number of nitrogens with one attached hydrogen (secondary N) is 1. The van der Waals surface area contributed by atoms with Gasteiger partial charge in [0.2, 0.25) is 0 Å². The minimum atomic E-state index is -5.08. The summed E-state index contributed by atoms with van der Waals surface area (Å²) in [5, 5.41) is 16.0. The Morgan fingerprint density at radius 3 is 2.40 bits per heavy atom. The second kappa shape index (κ2) is 17.5. The normalized spacial score (nSPS) is 11.7. The number of carboxylic acids is 1. The zero-order valence-electron chi connectivity index (χ0n) is 27.5. The molecule has 0 fully saturated rings. The van der Waals surface area contributed by atoms with Crippen molar-refractivity contribution in [2.45, 2.75) is 39.0 Å². The van der Waals surface area contributed by atoms with Gasteiger partial charge in [-0.25, -0.2) is 23.5 Å². The molecule has 0 amide bonds. The first-order valence-corrected chi connectivity index (χ1v) is 15.7. The number of hydrogen-bond donors (Lipinski definition) is 3. The van der Waals surface area contributed by atoms with E-state index in [1.165, 1.54) is 17.1 Å². The highest BCUT2D eigenvalue weighted by Gasteiger charge is 2.38. The van der Waals surface area contributed by atoms with E-state index >= 15 is 0 Å². The fourth-order valence-corrected chi connectivity index (χ4v) is 4.54. The van der Waals surface area contributed by atoms with Crippen molar-refractivity contribution < 1.29 is 50.9 Å². The fraction of sp³-hybridized carbons (Fsp3) is 0.273. The van der Waals surface area contributed by atoms with Gasteiger partial charge in [-0.05, 0) is 26.0 Å². The fourth-order valence-electron chi connectivity index (χ4n) is 4.37. The Morgan fingerprint density at radius 2 is 1.77 bits per heavy atom. The molecule has 52 heavy (non-hydrogen) atoms. The molecule has 13 nitrogen and oxygen atoms in total. The lowest BCUT2D eigenvalue weighted by Gasteiger charge is -2.14. The number of nitrogens with zero attached hydrogens (tertiary/aromatic N) is 5. The number of fused-ring (bicyclic) bond motifs is 1. The molecule has 0 aliphatic rings. The number of aromatic nitrogens is 5. The summed E-state index contributed by atoms with van der Waals surface area (Å²) >= 11 is 6.34. The lowest BCUT2D eigenvalue weighted by molar-refractivity contribution is -0.192. The quantitative estimate of drug-likeness (QED) is 0.0696. The second-order valence-electron chi connectivity index (χ2n) is 10.7. The zero-order chi connectivity index (χ0) is 38.0. The Hall–Kier alpha value is -5.62. The Morgan fingerprint density at radius 1 is 1.08 bits per heavy atom. The first-order chi connectivity index (χ1) is 24.7. The first kappa shape index (κ1) is 39.2. The number of pyridine rings is 1. The average molecular weight is 752 g/mol. The molecule has 5 rings (SSSR count). The van der Waals surface area contributed by atoms with Crippen molar-refractivity contribution in [3.63, 3.8) is 0 Å². The van der Waals surface area contributed by atoms with Crippen molar-refractivity contribution in [1.29, 1.82) is 0 Å². The van der Waals surface area contributed by atoms with Gasteiger partial charge in [-0.1, -0.05) is 29.8 Å². The van der Waals surface area contributed by atoms with Gasteiger partial charge < -0.3 is 30.4 Å². The molecule has 0 saturated heterocycles. The monoisotopic (exact) mass is 751 g/mol. The van der Waals surface area contributed by atoms with E-state index in [1.54, 1.807) is 38.2 Å². The molecule has 2 aromatic carbocycles. The Kier molecular flexibility index (Phi) is 13.2. The molecule has 3 aromatic heterocycles. The van der Waals surface area contributed by atoms with Crippen molar-refractivity contribution >= 4 is 45.9 Å². The highest BCUT2D eigenvalue weighted by Crippen LogP contribution is 2.33. The van der Waals surface area contributed by atoms with Gasteiger partial charge in [0.1, 0.15) is 29.1 Å². The van der Waals surface area contributed by atoms with Crippen molar-refractivity contribution in [1.82, 2.24) is 24.7 Å². The summed E-state index contributed by atoms with van der Waals surface area (Å²) in [7, 11) is 0. The van der Waals surface area contributed by atoms with Gasteiger partial charge in [0.05, 0.1) is 48.8 Å². The summed E-state index contributed by atoms with van der Waals surface area (Å²) in [6.07, 6.45) is -0.164. The number of carbonyl (C=O) groups excluding carboxylic acids is 1. The number of esters is 1. The van der Waals surface area contributed by atoms with Crippen LogP contribution in [-0.4, -0.2) is 73.8 Å². The van der Waals surface area contributed by atoms with Gasteiger partial charge in [0.25, 0.3) is 0 Å². The molecule has 3 heterocycles. The summed E-state index contributed by atoms with van der Waals surface area (Å²) < 4.78 is 79.4. The lowest BCUT2D eigenvalue weighted by Crippen LogP contribution is -2.29. The van der Waals surface area contributed by atoms with Crippen LogP contribution in [0.3, 0.4) is 0 Å². The van der Waals surface area contributed by atoms with Crippen LogP contribution in [0.15, 0.2) is 61.1 Å². The maximum atomic E-state index is 15.0. The number of carboxylic acid groups (broad SMARTS) is 1. The van der Waals surface area contributed by atoms with E-state index in [4.69, 9.17) is 46.4 Å². The third kappa shape index (κ3) is 10.2. The molecule has 0 bridgehead atoms. The molecule has 0 spiro atoms. The van der Waals surface area contributed by atoms with E-state index in [9.17, 15) is 26.7 Å². The number of anilines is 2. The predicted octanol–water partition coefficient (Wildman–Crippen LogP) is 6.30. The number of para-hydroxylation sites is 1. The topological polar surface area (TPSA) is 177 Å². The number of alkyl halides is 3. The Balaban J connectivity index is 0.000000785. The van der Waals surface area contributed by atoms with Gasteiger partial charge >= 0.3 is 18.1 Å². The van der Waals surface area contributed by atoms with Crippen LogP contribution in [0.2, 0.25) is 5.02 Å². The van der Waals surface area contributed by atoms with Crippen LogP contribution in [0.1, 0.15) is 25.8 Å². The summed E-state index contributed by atoms with van der Waals surface area (Å²) in [5.41, 5.74) is 6.88. The molecule has 4 N–H and O–H groups in total. The Bertz CT molecular complexity index is 2010. The molecule has 0 aliphatic carbocycles. The largest absolute Gasteiger partial charge is 0.494 e. The minimum absolute atomic E-state index is 0.110. The number of rotatable bonds is 13. The number of hydrogen-bond acceptors (Lipinski definition) is 11. The molecule has 0 saturated carbocycles. The van der Waals surface area contributed by atoms with Gasteiger partial charge in [-0.3, -0.25) is 14.5 Å². The van der Waals surface area contributed by atoms with Gasteiger partial charge in [0.15, 0.2) is 17.4 Å². The van der Waals surface area contributed by atoms with Crippen LogP contribution in [0.4, 0.5) is 33.5 Å². The van der Waals surface area contributed by atoms with Crippen LogP contribution in [-0.2, 0) is 20.9 Å². The number of nitrogens with two attached hydrogens (primary N) is 1. The van der Waals surface area contributed by atoms with E-state index in [1.807, 2.05) is 12.1 Å². The molecule has 5 aromatic rings. The van der Waals surface area contributed by atoms with Gasteiger partial charge in [0, 0.05) is 41.9 Å². The maximum absolute atomic E-state index is 15.0. The number of ether oxygens (including phenoxy) is 3. The smallest absolute Gasteiger partial charge is 0.490 e. The Labute approximate surface area is 297 Å². The van der Waals surface area contributed by atoms with Gasteiger partial charge in [-0.15, -0.1) is 0 Å². The van der Waals surface area contributed by atoms with Crippen molar-refractivity contribution in [3.8, 4) is 23.0 Å². The lowest BCUT2D eigenvalue weighted by atomic mass is 10.1. The van der Waals surface area contributed by atoms with E-state index in [0.717, 1.165) is 12.1 Å². The molecular formula is C33H31ClF5N7O6. The number of halogens is 6. The summed E-state index contributed by atoms with van der Waals surface area (Å²) in [4.78, 5) is 33.7. The van der Waals surface area contributed by atoms with Crippen LogP contribution in [0.25, 0.3) is 22.4 Å². The van der Waals surface area contributed by atoms with E-state index in [2.05, 4.69) is 20.4 Å². The van der Waals surface area contributed by atoms with Crippen LogP contribution in [0, 0.1) is 11.6 Å². The molecule has 0 aliphatic heterocycles. The average Bonchev–Trinajstić information content (AvgIpc) is 3.46. The molecule has 19 heteroatoms. The molecule has 0 radical (unpaired) electrons. The predicted molar refractivity (Wildman–Crippen MR) is 178 cm³/mol. The standard InChI is InChI=1S/C31H30ClF2N7O4.C2HF3O2/c1-3-43-19-13-23(33)21(24(34)14-19)17-41-26-8-5-4-7-20(26)28(40-41)30-37-16-27(44-11-6-12-45-31(42)18(2)35)29(39-30)38-25-9-10-36-15-22(25)32;3-2(4,5)1(6)7/h4-5,7-10,13-16,18H,3,6,11-12,17,35H2,1-2H3,(H,36,37,38,39);(H,6,7)/t18-;/m0./s1. The van der Waals surface area contributed by atoms with Crippen LogP contribution in [0.5, 0.6) is 11.5 Å². The van der Waals surface area contributed by atoms with Crippen LogP contribution < -0.4 is 20.5 Å². The molecule has 1 atom stereocenters. The first-order valence-electron chi connectivity index (χ1n) is 15.3. The van der Waals surface area contributed by atoms with Crippen LogP contribution >= 0.6 is 11.6 Å². The van der Waals surface area contributed by atoms with Crippen molar-refractivity contribution in [2.24, 2.45) is 5.73 Å². The number of carbonyl (C=O) groups is 2. The molecule has 276 valence electrons. The highest BCUT2D eigenvalue weighted by molar-refractivity contribution is 6.33. The van der Waals surface area contributed by atoms with E-state index in [0.29, 0.717) is 39.5 Å².